The molecule has 0 aliphatic heterocycles. The summed E-state index contributed by atoms with van der Waals surface area (Å²) in [7, 11) is 0. The summed E-state index contributed by atoms with van der Waals surface area (Å²) in [6, 6.07) is 6.89. The highest BCUT2D eigenvalue weighted by atomic mass is 32.1. The van der Waals surface area contributed by atoms with Crippen LogP contribution in [0.3, 0.4) is 0 Å². The van der Waals surface area contributed by atoms with Gasteiger partial charge in [-0.2, -0.15) is 0 Å². The lowest BCUT2D eigenvalue weighted by Gasteiger charge is -2.06. The SMILES string of the molecule is O=C(Cc1ccccc1O)Nc1nc2c(s1)CCCC2. The van der Waals surface area contributed by atoms with Gasteiger partial charge in [-0.1, -0.05) is 18.2 Å². The van der Waals surface area contributed by atoms with Crippen LogP contribution in [0.2, 0.25) is 0 Å². The van der Waals surface area contributed by atoms with Crippen LogP contribution in [0.25, 0.3) is 0 Å². The topological polar surface area (TPSA) is 62.2 Å². The zero-order chi connectivity index (χ0) is 13.9. The normalized spacial score (nSPS) is 13.8. The second-order valence-corrected chi connectivity index (χ2v) is 6.03. The highest BCUT2D eigenvalue weighted by molar-refractivity contribution is 7.15. The Labute approximate surface area is 121 Å². The molecule has 3 rings (SSSR count). The molecule has 20 heavy (non-hydrogen) atoms. The zero-order valence-electron chi connectivity index (χ0n) is 11.1. The van der Waals surface area contributed by atoms with Gasteiger partial charge in [0.1, 0.15) is 5.75 Å². The predicted octanol–water partition coefficient (Wildman–Crippen LogP) is 2.91. The first-order chi connectivity index (χ1) is 9.72. The number of anilines is 1. The van der Waals surface area contributed by atoms with Gasteiger partial charge >= 0.3 is 0 Å². The second kappa shape index (κ2) is 5.63. The van der Waals surface area contributed by atoms with Crippen LogP contribution in [-0.4, -0.2) is 16.0 Å². The first-order valence-corrected chi connectivity index (χ1v) is 7.59. The molecule has 1 amide bonds. The Hall–Kier alpha value is -1.88. The van der Waals surface area contributed by atoms with E-state index in [9.17, 15) is 9.90 Å². The molecule has 1 aliphatic rings. The lowest BCUT2D eigenvalue weighted by Crippen LogP contribution is -2.14. The van der Waals surface area contributed by atoms with Crippen LogP contribution in [0, 0.1) is 0 Å². The van der Waals surface area contributed by atoms with Crippen LogP contribution in [0.1, 0.15) is 29.0 Å². The summed E-state index contributed by atoms with van der Waals surface area (Å²) in [5.41, 5.74) is 1.77. The molecule has 104 valence electrons. The number of fused-ring (bicyclic) bond motifs is 1. The number of phenols is 1. The van der Waals surface area contributed by atoms with Crippen molar-refractivity contribution in [2.24, 2.45) is 0 Å². The third-order valence-electron chi connectivity index (χ3n) is 3.43. The number of hydrogen-bond acceptors (Lipinski definition) is 4. The molecule has 4 nitrogen and oxygen atoms in total. The zero-order valence-corrected chi connectivity index (χ0v) is 11.9. The molecular formula is C15H16N2O2S. The number of amides is 1. The Morgan fingerprint density at radius 3 is 2.90 bits per heavy atom. The number of carbonyl (C=O) groups is 1. The number of nitrogens with zero attached hydrogens (tertiary/aromatic N) is 1. The number of hydrogen-bond donors (Lipinski definition) is 2. The van der Waals surface area contributed by atoms with Crippen LogP contribution in [0.5, 0.6) is 5.75 Å². The minimum atomic E-state index is -0.141. The van der Waals surface area contributed by atoms with E-state index in [4.69, 9.17) is 0 Å². The van der Waals surface area contributed by atoms with Crippen LogP contribution < -0.4 is 5.32 Å². The van der Waals surface area contributed by atoms with Gasteiger partial charge in [0.05, 0.1) is 12.1 Å². The number of aryl methyl sites for hydroxylation is 2. The van der Waals surface area contributed by atoms with Crippen molar-refractivity contribution in [1.82, 2.24) is 4.98 Å². The van der Waals surface area contributed by atoms with Gasteiger partial charge in [0.25, 0.3) is 0 Å². The summed E-state index contributed by atoms with van der Waals surface area (Å²) < 4.78 is 0. The van der Waals surface area contributed by atoms with Crippen LogP contribution in [-0.2, 0) is 24.1 Å². The van der Waals surface area contributed by atoms with Crippen LogP contribution in [0.15, 0.2) is 24.3 Å². The molecule has 0 saturated heterocycles. The molecule has 0 saturated carbocycles. The van der Waals surface area contributed by atoms with Crippen LogP contribution in [0.4, 0.5) is 5.13 Å². The molecule has 0 bridgehead atoms. The summed E-state index contributed by atoms with van der Waals surface area (Å²) >= 11 is 1.57. The van der Waals surface area contributed by atoms with Crippen molar-refractivity contribution in [3.63, 3.8) is 0 Å². The molecule has 0 fully saturated rings. The minimum Gasteiger partial charge on any atom is -0.508 e. The fraction of sp³-hybridized carbons (Fsp3) is 0.333. The lowest BCUT2D eigenvalue weighted by atomic mass is 10.0. The smallest absolute Gasteiger partial charge is 0.230 e. The summed E-state index contributed by atoms with van der Waals surface area (Å²) in [5.74, 6) is 0.0127. The summed E-state index contributed by atoms with van der Waals surface area (Å²) in [5, 5.41) is 13.2. The predicted molar refractivity (Wildman–Crippen MR) is 79.2 cm³/mol. The second-order valence-electron chi connectivity index (χ2n) is 4.95. The Kier molecular flexibility index (Phi) is 3.69. The highest BCUT2D eigenvalue weighted by Crippen LogP contribution is 2.29. The van der Waals surface area contributed by atoms with E-state index in [1.54, 1.807) is 29.5 Å². The molecule has 1 aliphatic carbocycles. The summed E-state index contributed by atoms with van der Waals surface area (Å²) in [6.07, 6.45) is 4.64. The Morgan fingerprint density at radius 1 is 1.30 bits per heavy atom. The molecule has 1 aromatic heterocycles. The molecule has 0 atom stereocenters. The van der Waals surface area contributed by atoms with Gasteiger partial charge in [-0.15, -0.1) is 11.3 Å². The molecule has 1 heterocycles. The molecule has 0 unspecified atom stereocenters. The largest absolute Gasteiger partial charge is 0.508 e. The van der Waals surface area contributed by atoms with Crippen LogP contribution >= 0.6 is 11.3 Å². The van der Waals surface area contributed by atoms with Gasteiger partial charge in [0, 0.05) is 10.4 Å². The standard InChI is InChI=1S/C15H16N2O2S/c18-12-7-3-1-5-10(12)9-14(19)17-15-16-11-6-2-4-8-13(11)20-15/h1,3,5,7,18H,2,4,6,8-9H2,(H,16,17,19). The number of para-hydroxylation sites is 1. The first-order valence-electron chi connectivity index (χ1n) is 6.77. The van der Waals surface area contributed by atoms with E-state index < -0.39 is 0 Å². The first kappa shape index (κ1) is 13.1. The van der Waals surface area contributed by atoms with Crippen molar-refractivity contribution in [2.45, 2.75) is 32.1 Å². The summed E-state index contributed by atoms with van der Waals surface area (Å²) in [6.45, 7) is 0. The molecule has 2 aromatic rings. The van der Waals surface area contributed by atoms with Crippen molar-refractivity contribution in [3.05, 3.63) is 40.4 Å². The van der Waals surface area contributed by atoms with Gasteiger partial charge in [-0.25, -0.2) is 4.98 Å². The van der Waals surface area contributed by atoms with Crippen molar-refractivity contribution in [1.29, 1.82) is 0 Å². The fourth-order valence-electron chi connectivity index (χ4n) is 2.40. The van der Waals surface area contributed by atoms with Crippen molar-refractivity contribution >= 4 is 22.4 Å². The van der Waals surface area contributed by atoms with E-state index in [1.807, 2.05) is 6.07 Å². The maximum Gasteiger partial charge on any atom is 0.230 e. The van der Waals surface area contributed by atoms with Crippen molar-refractivity contribution in [2.75, 3.05) is 5.32 Å². The monoisotopic (exact) mass is 288 g/mol. The number of phenolic OH excluding ortho intramolecular Hbond substituents is 1. The van der Waals surface area contributed by atoms with Gasteiger partial charge in [0.2, 0.25) is 5.91 Å². The highest BCUT2D eigenvalue weighted by Gasteiger charge is 2.16. The Balaban J connectivity index is 1.67. The number of nitrogens with one attached hydrogen (secondary N) is 1. The van der Waals surface area contributed by atoms with E-state index in [0.717, 1.165) is 18.5 Å². The third-order valence-corrected chi connectivity index (χ3v) is 4.51. The maximum atomic E-state index is 12.0. The van der Waals surface area contributed by atoms with E-state index in [0.29, 0.717) is 10.7 Å². The van der Waals surface area contributed by atoms with E-state index in [1.165, 1.54) is 17.7 Å². The fourth-order valence-corrected chi connectivity index (χ4v) is 3.47. The van der Waals surface area contributed by atoms with E-state index >= 15 is 0 Å². The van der Waals surface area contributed by atoms with Crippen molar-refractivity contribution in [3.8, 4) is 5.75 Å². The maximum absolute atomic E-state index is 12.0. The Bertz CT molecular complexity index is 613. The number of benzene rings is 1. The average Bonchev–Trinajstić information content (AvgIpc) is 2.83. The number of thiazole rings is 1. The molecule has 5 heteroatoms. The molecule has 0 spiro atoms. The molecular weight excluding hydrogens is 272 g/mol. The number of aromatic nitrogens is 1. The summed E-state index contributed by atoms with van der Waals surface area (Å²) in [4.78, 5) is 17.8. The van der Waals surface area contributed by atoms with E-state index in [-0.39, 0.29) is 18.1 Å². The Morgan fingerprint density at radius 2 is 2.10 bits per heavy atom. The lowest BCUT2D eigenvalue weighted by molar-refractivity contribution is -0.115. The molecule has 2 N–H and O–H groups in total. The van der Waals surface area contributed by atoms with Gasteiger partial charge < -0.3 is 10.4 Å². The molecule has 0 radical (unpaired) electrons. The van der Waals surface area contributed by atoms with Gasteiger partial charge in [0.15, 0.2) is 5.13 Å². The van der Waals surface area contributed by atoms with E-state index in [2.05, 4.69) is 10.3 Å². The number of rotatable bonds is 3. The molecule has 1 aromatic carbocycles. The van der Waals surface area contributed by atoms with Gasteiger partial charge in [-0.3, -0.25) is 4.79 Å². The third kappa shape index (κ3) is 2.82. The average molecular weight is 288 g/mol. The van der Waals surface area contributed by atoms with Gasteiger partial charge in [-0.05, 0) is 31.7 Å². The van der Waals surface area contributed by atoms with Crippen molar-refractivity contribution < 1.29 is 9.90 Å². The number of carbonyl (C=O) groups excluding carboxylic acids is 1. The quantitative estimate of drug-likeness (QED) is 0.913. The minimum absolute atomic E-state index is 0.141. The number of aromatic hydroxyl groups is 1.